The van der Waals surface area contributed by atoms with E-state index in [1.54, 1.807) is 16.8 Å². The molecule has 4 aromatic rings. The lowest BCUT2D eigenvalue weighted by Gasteiger charge is -2.05. The molecule has 23 heavy (non-hydrogen) atoms. The molecule has 0 unspecified atom stereocenters. The summed E-state index contributed by atoms with van der Waals surface area (Å²) in [7, 11) is 0. The van der Waals surface area contributed by atoms with E-state index in [0.717, 1.165) is 5.69 Å². The first kappa shape index (κ1) is 13.4. The second-order valence-corrected chi connectivity index (χ2v) is 5.09. The molecule has 0 atom stereocenters. The molecule has 2 aromatic heterocycles. The van der Waals surface area contributed by atoms with Crippen LogP contribution >= 0.6 is 0 Å². The van der Waals surface area contributed by atoms with Gasteiger partial charge in [0.1, 0.15) is 11.3 Å². The molecule has 6 heteroatoms. The van der Waals surface area contributed by atoms with Gasteiger partial charge in [-0.1, -0.05) is 30.3 Å². The van der Waals surface area contributed by atoms with E-state index in [1.807, 2.05) is 42.5 Å². The predicted molar refractivity (Wildman–Crippen MR) is 84.4 cm³/mol. The van der Waals surface area contributed by atoms with Gasteiger partial charge >= 0.3 is 0 Å². The van der Waals surface area contributed by atoms with Crippen LogP contribution in [0.3, 0.4) is 0 Å². The summed E-state index contributed by atoms with van der Waals surface area (Å²) >= 11 is 0. The van der Waals surface area contributed by atoms with E-state index in [4.69, 9.17) is 4.42 Å². The maximum Gasteiger partial charge on any atom is 0.192 e. The first-order chi connectivity index (χ1) is 11.3. The van der Waals surface area contributed by atoms with Gasteiger partial charge < -0.3 is 4.42 Å². The van der Waals surface area contributed by atoms with E-state index >= 15 is 0 Å². The molecular weight excluding hydrogens is 292 g/mol. The molecule has 4 rings (SSSR count). The quantitative estimate of drug-likeness (QED) is 0.581. The lowest BCUT2D eigenvalue weighted by molar-refractivity contribution is 0.541. The second kappa shape index (κ2) is 5.49. The standard InChI is InChI=1S/C17H12N4O2/c22-15-10-13(23-16-9-5-4-8-14(15)16)11-17-18-19-20-21(17)12-6-2-1-3-7-12/h1-10H,11H2. The number of fused-ring (bicyclic) bond motifs is 1. The highest BCUT2D eigenvalue weighted by Gasteiger charge is 2.12. The first-order valence-corrected chi connectivity index (χ1v) is 7.16. The van der Waals surface area contributed by atoms with Gasteiger partial charge in [-0.15, -0.1) is 5.10 Å². The molecule has 2 heterocycles. The fraction of sp³-hybridized carbons (Fsp3) is 0.0588. The summed E-state index contributed by atoms with van der Waals surface area (Å²) in [5, 5.41) is 12.3. The molecule has 0 saturated heterocycles. The van der Waals surface area contributed by atoms with Crippen LogP contribution in [0.4, 0.5) is 0 Å². The fourth-order valence-electron chi connectivity index (χ4n) is 2.48. The van der Waals surface area contributed by atoms with Crippen molar-refractivity contribution >= 4 is 11.0 Å². The maximum absolute atomic E-state index is 12.2. The highest BCUT2D eigenvalue weighted by molar-refractivity contribution is 5.76. The van der Waals surface area contributed by atoms with Gasteiger partial charge in [-0.25, -0.2) is 0 Å². The minimum absolute atomic E-state index is 0.0689. The molecular formula is C17H12N4O2. The van der Waals surface area contributed by atoms with Crippen molar-refractivity contribution in [3.8, 4) is 5.69 Å². The molecule has 0 spiro atoms. The third-order valence-electron chi connectivity index (χ3n) is 3.55. The number of hydrogen-bond donors (Lipinski definition) is 0. The van der Waals surface area contributed by atoms with E-state index in [9.17, 15) is 4.79 Å². The molecule has 0 bridgehead atoms. The van der Waals surface area contributed by atoms with Gasteiger partial charge in [0.2, 0.25) is 0 Å². The number of nitrogens with zero attached hydrogens (tertiary/aromatic N) is 4. The Morgan fingerprint density at radius 1 is 1.00 bits per heavy atom. The number of benzene rings is 2. The van der Waals surface area contributed by atoms with Crippen molar-refractivity contribution in [2.45, 2.75) is 6.42 Å². The normalized spacial score (nSPS) is 11.0. The zero-order valence-corrected chi connectivity index (χ0v) is 12.1. The van der Waals surface area contributed by atoms with Crippen LogP contribution in [-0.2, 0) is 6.42 Å². The summed E-state index contributed by atoms with van der Waals surface area (Å²) in [6.45, 7) is 0. The van der Waals surface area contributed by atoms with Crippen molar-refractivity contribution in [1.82, 2.24) is 20.2 Å². The number of hydrogen-bond acceptors (Lipinski definition) is 5. The van der Waals surface area contributed by atoms with Gasteiger partial charge in [-0.2, -0.15) is 4.68 Å². The Hall–Kier alpha value is -3.28. The third-order valence-corrected chi connectivity index (χ3v) is 3.55. The Morgan fingerprint density at radius 2 is 1.78 bits per heavy atom. The van der Waals surface area contributed by atoms with Gasteiger partial charge in [0.15, 0.2) is 11.3 Å². The molecule has 6 nitrogen and oxygen atoms in total. The molecule has 0 aliphatic carbocycles. The number of rotatable bonds is 3. The van der Waals surface area contributed by atoms with E-state index < -0.39 is 0 Å². The zero-order chi connectivity index (χ0) is 15.6. The minimum Gasteiger partial charge on any atom is -0.460 e. The van der Waals surface area contributed by atoms with Crippen molar-refractivity contribution in [3.05, 3.63) is 82.5 Å². The lowest BCUT2D eigenvalue weighted by atomic mass is 10.2. The van der Waals surface area contributed by atoms with Gasteiger partial charge in [0, 0.05) is 6.07 Å². The van der Waals surface area contributed by atoms with Crippen LogP contribution in [0.5, 0.6) is 0 Å². The Balaban J connectivity index is 1.75. The summed E-state index contributed by atoms with van der Waals surface area (Å²) in [6.07, 6.45) is 0.335. The third kappa shape index (κ3) is 2.50. The van der Waals surface area contributed by atoms with Crippen molar-refractivity contribution in [3.63, 3.8) is 0 Å². The summed E-state index contributed by atoms with van der Waals surface area (Å²) in [6, 6.07) is 18.3. The highest BCUT2D eigenvalue weighted by Crippen LogP contribution is 2.15. The topological polar surface area (TPSA) is 73.8 Å². The van der Waals surface area contributed by atoms with Crippen LogP contribution in [0.25, 0.3) is 16.7 Å². The largest absolute Gasteiger partial charge is 0.460 e. The maximum atomic E-state index is 12.2. The van der Waals surface area contributed by atoms with E-state index in [-0.39, 0.29) is 5.43 Å². The van der Waals surface area contributed by atoms with Crippen molar-refractivity contribution < 1.29 is 4.42 Å². The highest BCUT2D eigenvalue weighted by atomic mass is 16.3. The van der Waals surface area contributed by atoms with Crippen LogP contribution < -0.4 is 5.43 Å². The summed E-state index contributed by atoms with van der Waals surface area (Å²) in [4.78, 5) is 12.2. The van der Waals surface area contributed by atoms with Gasteiger partial charge in [-0.3, -0.25) is 4.79 Å². The summed E-state index contributed by atoms with van der Waals surface area (Å²) in [5.74, 6) is 1.13. The molecule has 0 amide bonds. The van der Waals surface area contributed by atoms with E-state index in [2.05, 4.69) is 15.5 Å². The average molecular weight is 304 g/mol. The van der Waals surface area contributed by atoms with E-state index in [1.165, 1.54) is 6.07 Å². The summed E-state index contributed by atoms with van der Waals surface area (Å²) < 4.78 is 7.43. The molecule has 0 N–H and O–H groups in total. The van der Waals surface area contributed by atoms with Crippen LogP contribution in [0.2, 0.25) is 0 Å². The molecule has 0 radical (unpaired) electrons. The molecule has 0 aliphatic rings. The lowest BCUT2D eigenvalue weighted by Crippen LogP contribution is -2.07. The monoisotopic (exact) mass is 304 g/mol. The fourth-order valence-corrected chi connectivity index (χ4v) is 2.48. The second-order valence-electron chi connectivity index (χ2n) is 5.09. The number of para-hydroxylation sites is 2. The van der Waals surface area contributed by atoms with Crippen LogP contribution in [-0.4, -0.2) is 20.2 Å². The SMILES string of the molecule is O=c1cc(Cc2nnnn2-c2ccccc2)oc2ccccc12. The van der Waals surface area contributed by atoms with Crippen LogP contribution in [0.1, 0.15) is 11.6 Å². The van der Waals surface area contributed by atoms with Crippen molar-refractivity contribution in [2.75, 3.05) is 0 Å². The Labute approximate surface area is 131 Å². The molecule has 0 fully saturated rings. The summed E-state index contributed by atoms with van der Waals surface area (Å²) in [5.41, 5.74) is 1.35. The molecule has 0 saturated carbocycles. The zero-order valence-electron chi connectivity index (χ0n) is 12.1. The van der Waals surface area contributed by atoms with Crippen molar-refractivity contribution in [1.29, 1.82) is 0 Å². The minimum atomic E-state index is -0.0689. The van der Waals surface area contributed by atoms with Crippen LogP contribution in [0, 0.1) is 0 Å². The van der Waals surface area contributed by atoms with Gasteiger partial charge in [0.05, 0.1) is 17.5 Å². The number of aromatic nitrogens is 4. The molecule has 112 valence electrons. The van der Waals surface area contributed by atoms with Crippen LogP contribution in [0.15, 0.2) is 69.9 Å². The first-order valence-electron chi connectivity index (χ1n) is 7.16. The van der Waals surface area contributed by atoms with Crippen molar-refractivity contribution in [2.24, 2.45) is 0 Å². The Bertz CT molecular complexity index is 1020. The average Bonchev–Trinajstić information content (AvgIpc) is 3.04. The molecule has 0 aliphatic heterocycles. The predicted octanol–water partition coefficient (Wildman–Crippen LogP) is 2.36. The molecule has 2 aromatic carbocycles. The number of tetrazole rings is 1. The van der Waals surface area contributed by atoms with Gasteiger partial charge in [0.25, 0.3) is 0 Å². The smallest absolute Gasteiger partial charge is 0.192 e. The Kier molecular flexibility index (Phi) is 3.20. The Morgan fingerprint density at radius 3 is 2.65 bits per heavy atom. The van der Waals surface area contributed by atoms with E-state index in [0.29, 0.717) is 29.0 Å². The van der Waals surface area contributed by atoms with Gasteiger partial charge in [-0.05, 0) is 34.7 Å².